The zero-order valence-electron chi connectivity index (χ0n) is 11.9. The summed E-state index contributed by atoms with van der Waals surface area (Å²) in [4.78, 5) is 17.9. The first-order valence-corrected chi connectivity index (χ1v) is 6.14. The van der Waals surface area contributed by atoms with E-state index in [1.165, 1.54) is 6.20 Å². The molecule has 0 unspecified atom stereocenters. The normalized spacial score (nSPS) is 10.6. The quantitative estimate of drug-likeness (QED) is 0.821. The van der Waals surface area contributed by atoms with E-state index in [1.807, 2.05) is 0 Å². The minimum absolute atomic E-state index is 0.0478. The van der Waals surface area contributed by atoms with Crippen molar-refractivity contribution in [3.63, 3.8) is 0 Å². The molecule has 4 heteroatoms. The van der Waals surface area contributed by atoms with Crippen LogP contribution in [0.1, 0.15) is 36.7 Å². The summed E-state index contributed by atoms with van der Waals surface area (Å²) in [5.74, 6) is 5.21. The van der Waals surface area contributed by atoms with Gasteiger partial charge < -0.3 is 10.0 Å². The van der Waals surface area contributed by atoms with E-state index in [9.17, 15) is 4.79 Å². The highest BCUT2D eigenvalue weighted by atomic mass is 16.2. The van der Waals surface area contributed by atoms with Crippen molar-refractivity contribution in [3.8, 4) is 11.8 Å². The second-order valence-electron chi connectivity index (χ2n) is 5.64. The first kappa shape index (κ1) is 15.2. The van der Waals surface area contributed by atoms with Gasteiger partial charge in [0, 0.05) is 31.5 Å². The summed E-state index contributed by atoms with van der Waals surface area (Å²) in [6.07, 6.45) is 3.11. The zero-order chi connectivity index (χ0) is 14.5. The number of carbonyl (C=O) groups excluding carboxylic acids is 1. The van der Waals surface area contributed by atoms with Gasteiger partial charge in [0.1, 0.15) is 6.61 Å². The van der Waals surface area contributed by atoms with Crippen molar-refractivity contribution in [2.45, 2.75) is 20.8 Å². The molecule has 0 saturated carbocycles. The van der Waals surface area contributed by atoms with Crippen LogP contribution in [0.15, 0.2) is 18.5 Å². The van der Waals surface area contributed by atoms with Crippen molar-refractivity contribution < 1.29 is 9.90 Å². The fraction of sp³-hybridized carbons (Fsp3) is 0.467. The molecule has 0 spiro atoms. The lowest BCUT2D eigenvalue weighted by Crippen LogP contribution is -2.34. The first-order chi connectivity index (χ1) is 8.83. The number of aliphatic hydroxyl groups excluding tert-OH is 1. The number of rotatable bonds is 2. The van der Waals surface area contributed by atoms with Gasteiger partial charge in [-0.1, -0.05) is 32.6 Å². The van der Waals surface area contributed by atoms with Crippen LogP contribution in [0.3, 0.4) is 0 Å². The number of hydrogen-bond acceptors (Lipinski definition) is 3. The van der Waals surface area contributed by atoms with E-state index in [1.54, 1.807) is 24.2 Å². The molecular formula is C15H20N2O2. The summed E-state index contributed by atoms with van der Waals surface area (Å²) >= 11 is 0. The molecule has 0 aliphatic carbocycles. The Morgan fingerprint density at radius 2 is 2.11 bits per heavy atom. The van der Waals surface area contributed by atoms with E-state index < -0.39 is 0 Å². The summed E-state index contributed by atoms with van der Waals surface area (Å²) in [5, 5.41) is 8.65. The molecule has 0 aromatic carbocycles. The molecule has 0 aliphatic heterocycles. The van der Waals surface area contributed by atoms with Crippen LogP contribution in [0.25, 0.3) is 0 Å². The Morgan fingerprint density at radius 1 is 1.42 bits per heavy atom. The SMILES string of the molecule is CN(CC(C)(C)C)C(=O)c1cncc(C#CCO)c1. The Hall–Kier alpha value is -1.86. The Balaban J connectivity index is 2.88. The molecule has 4 nitrogen and oxygen atoms in total. The maximum atomic E-state index is 12.2. The molecule has 0 atom stereocenters. The maximum absolute atomic E-state index is 12.2. The molecule has 0 bridgehead atoms. The Kier molecular flexibility index (Phi) is 5.08. The highest BCUT2D eigenvalue weighted by Gasteiger charge is 2.19. The molecule has 0 radical (unpaired) electrons. The van der Waals surface area contributed by atoms with Gasteiger partial charge in [-0.15, -0.1) is 0 Å². The second kappa shape index (κ2) is 6.35. The summed E-state index contributed by atoms with van der Waals surface area (Å²) in [5.41, 5.74) is 1.19. The van der Waals surface area contributed by atoms with Crippen LogP contribution >= 0.6 is 0 Å². The van der Waals surface area contributed by atoms with Crippen molar-refractivity contribution in [1.82, 2.24) is 9.88 Å². The van der Waals surface area contributed by atoms with Crippen LogP contribution < -0.4 is 0 Å². The van der Waals surface area contributed by atoms with Crippen molar-refractivity contribution in [1.29, 1.82) is 0 Å². The van der Waals surface area contributed by atoms with Gasteiger partial charge in [-0.05, 0) is 11.5 Å². The molecule has 0 aliphatic rings. The molecule has 19 heavy (non-hydrogen) atoms. The largest absolute Gasteiger partial charge is 0.384 e. The maximum Gasteiger partial charge on any atom is 0.255 e. The fourth-order valence-corrected chi connectivity index (χ4v) is 1.77. The predicted octanol–water partition coefficient (Wildman–Crippen LogP) is 1.54. The molecule has 1 rings (SSSR count). The molecule has 0 saturated heterocycles. The number of nitrogens with zero attached hydrogens (tertiary/aromatic N) is 2. The van der Waals surface area contributed by atoms with Crippen molar-refractivity contribution in [2.75, 3.05) is 20.2 Å². The molecule has 1 aromatic heterocycles. The number of pyridine rings is 1. The number of aliphatic hydroxyl groups is 1. The lowest BCUT2D eigenvalue weighted by atomic mass is 9.96. The monoisotopic (exact) mass is 260 g/mol. The highest BCUT2D eigenvalue weighted by Crippen LogP contribution is 2.16. The fourth-order valence-electron chi connectivity index (χ4n) is 1.77. The smallest absolute Gasteiger partial charge is 0.255 e. The molecule has 102 valence electrons. The van der Waals surface area contributed by atoms with E-state index >= 15 is 0 Å². The third-order valence-corrected chi connectivity index (χ3v) is 2.36. The number of hydrogen-bond donors (Lipinski definition) is 1. The van der Waals surface area contributed by atoms with Gasteiger partial charge in [-0.25, -0.2) is 0 Å². The summed E-state index contributed by atoms with van der Waals surface area (Å²) < 4.78 is 0. The van der Waals surface area contributed by atoms with Gasteiger partial charge >= 0.3 is 0 Å². The summed E-state index contributed by atoms with van der Waals surface area (Å²) in [6.45, 7) is 6.70. The van der Waals surface area contributed by atoms with E-state index in [2.05, 4.69) is 37.6 Å². The van der Waals surface area contributed by atoms with Crippen LogP contribution in [-0.4, -0.2) is 41.1 Å². The zero-order valence-corrected chi connectivity index (χ0v) is 11.9. The molecule has 0 fully saturated rings. The van der Waals surface area contributed by atoms with Crippen LogP contribution in [-0.2, 0) is 0 Å². The van der Waals surface area contributed by atoms with E-state index in [4.69, 9.17) is 5.11 Å². The van der Waals surface area contributed by atoms with Gasteiger partial charge in [0.05, 0.1) is 5.56 Å². The first-order valence-electron chi connectivity index (χ1n) is 6.14. The third-order valence-electron chi connectivity index (χ3n) is 2.36. The van der Waals surface area contributed by atoms with Crippen LogP contribution in [0.4, 0.5) is 0 Å². The van der Waals surface area contributed by atoms with E-state index in [-0.39, 0.29) is 17.9 Å². The van der Waals surface area contributed by atoms with E-state index in [0.717, 1.165) is 0 Å². The van der Waals surface area contributed by atoms with Crippen molar-refractivity contribution >= 4 is 5.91 Å². The van der Waals surface area contributed by atoms with Gasteiger partial charge in [0.2, 0.25) is 0 Å². The molecule has 1 aromatic rings. The van der Waals surface area contributed by atoms with Gasteiger partial charge in [-0.2, -0.15) is 0 Å². The number of amides is 1. The van der Waals surface area contributed by atoms with E-state index in [0.29, 0.717) is 17.7 Å². The van der Waals surface area contributed by atoms with Gasteiger partial charge in [0.25, 0.3) is 5.91 Å². The predicted molar refractivity (Wildman–Crippen MR) is 74.6 cm³/mol. The van der Waals surface area contributed by atoms with Gasteiger partial charge in [-0.3, -0.25) is 9.78 Å². The summed E-state index contributed by atoms with van der Waals surface area (Å²) in [6, 6.07) is 1.69. The molecule has 1 heterocycles. The standard InChI is InChI=1S/C15H20N2O2/c1-15(2,3)11-17(4)14(19)13-8-12(6-5-7-18)9-16-10-13/h8-10,18H,7,11H2,1-4H3. The summed E-state index contributed by atoms with van der Waals surface area (Å²) in [7, 11) is 1.78. The molecular weight excluding hydrogens is 240 g/mol. The minimum Gasteiger partial charge on any atom is -0.384 e. The van der Waals surface area contributed by atoms with Crippen LogP contribution in [0, 0.1) is 17.3 Å². The van der Waals surface area contributed by atoms with Crippen molar-refractivity contribution in [2.24, 2.45) is 5.41 Å². The Morgan fingerprint density at radius 3 is 2.68 bits per heavy atom. The highest BCUT2D eigenvalue weighted by molar-refractivity contribution is 5.94. The lowest BCUT2D eigenvalue weighted by molar-refractivity contribution is 0.0745. The van der Waals surface area contributed by atoms with Crippen LogP contribution in [0.5, 0.6) is 0 Å². The molecule has 1 amide bonds. The Labute approximate surface area is 114 Å². The van der Waals surface area contributed by atoms with Crippen LogP contribution in [0.2, 0.25) is 0 Å². The third kappa shape index (κ3) is 5.11. The number of aromatic nitrogens is 1. The number of carbonyl (C=O) groups is 1. The minimum atomic E-state index is -0.206. The molecule has 1 N–H and O–H groups in total. The average molecular weight is 260 g/mol. The second-order valence-corrected chi connectivity index (χ2v) is 5.64. The van der Waals surface area contributed by atoms with Gasteiger partial charge in [0.15, 0.2) is 0 Å². The Bertz CT molecular complexity index is 507. The topological polar surface area (TPSA) is 53.4 Å². The van der Waals surface area contributed by atoms with Crippen molar-refractivity contribution in [3.05, 3.63) is 29.6 Å². The lowest BCUT2D eigenvalue weighted by Gasteiger charge is -2.26. The average Bonchev–Trinajstić information content (AvgIpc) is 2.33.